The van der Waals surface area contributed by atoms with E-state index in [4.69, 9.17) is 4.42 Å². The zero-order valence-corrected chi connectivity index (χ0v) is 10.7. The van der Waals surface area contributed by atoms with Crippen LogP contribution in [0.5, 0.6) is 0 Å². The van der Waals surface area contributed by atoms with Gasteiger partial charge in [0, 0.05) is 11.1 Å². The molecule has 0 saturated heterocycles. The summed E-state index contributed by atoms with van der Waals surface area (Å²) in [5.74, 6) is 0.902. The first-order chi connectivity index (χ1) is 8.66. The third-order valence-electron chi connectivity index (χ3n) is 3.29. The van der Waals surface area contributed by atoms with Crippen LogP contribution in [0.2, 0.25) is 0 Å². The predicted molar refractivity (Wildman–Crippen MR) is 71.5 cm³/mol. The molecule has 0 saturated carbocycles. The second kappa shape index (κ2) is 3.95. The normalized spacial score (nSPS) is 11.1. The topological polar surface area (TPSA) is 38.9 Å². The van der Waals surface area contributed by atoms with Crippen molar-refractivity contribution in [1.82, 2.24) is 9.97 Å². The molecule has 0 unspecified atom stereocenters. The Labute approximate surface area is 105 Å². The zero-order valence-electron chi connectivity index (χ0n) is 10.7. The SMILES string of the molecule is Cc1ccc(-c2ncnc3oc(C)c(C)c23)cc1. The van der Waals surface area contributed by atoms with Crippen molar-refractivity contribution < 1.29 is 4.42 Å². The first kappa shape index (κ1) is 11.0. The van der Waals surface area contributed by atoms with Gasteiger partial charge in [0.15, 0.2) is 0 Å². The maximum Gasteiger partial charge on any atom is 0.230 e. The third-order valence-corrected chi connectivity index (χ3v) is 3.29. The van der Waals surface area contributed by atoms with E-state index in [1.807, 2.05) is 13.8 Å². The first-order valence-corrected chi connectivity index (χ1v) is 5.94. The number of rotatable bonds is 1. The van der Waals surface area contributed by atoms with Crippen molar-refractivity contribution in [3.63, 3.8) is 0 Å². The van der Waals surface area contributed by atoms with Crippen molar-refractivity contribution in [2.24, 2.45) is 0 Å². The molecule has 3 nitrogen and oxygen atoms in total. The Hall–Kier alpha value is -2.16. The lowest BCUT2D eigenvalue weighted by molar-refractivity contribution is 0.564. The van der Waals surface area contributed by atoms with Crippen LogP contribution in [0, 0.1) is 20.8 Å². The molecule has 0 fully saturated rings. The van der Waals surface area contributed by atoms with Gasteiger partial charge in [-0.25, -0.2) is 9.97 Å². The van der Waals surface area contributed by atoms with Crippen LogP contribution in [-0.4, -0.2) is 9.97 Å². The highest BCUT2D eigenvalue weighted by Crippen LogP contribution is 2.31. The van der Waals surface area contributed by atoms with Gasteiger partial charge in [-0.3, -0.25) is 0 Å². The van der Waals surface area contributed by atoms with E-state index in [9.17, 15) is 0 Å². The minimum Gasteiger partial charge on any atom is -0.443 e. The summed E-state index contributed by atoms with van der Waals surface area (Å²) in [4.78, 5) is 8.60. The maximum absolute atomic E-state index is 5.63. The molecule has 3 rings (SSSR count). The molecule has 18 heavy (non-hydrogen) atoms. The van der Waals surface area contributed by atoms with Crippen LogP contribution in [0.25, 0.3) is 22.4 Å². The van der Waals surface area contributed by atoms with Gasteiger partial charge < -0.3 is 4.42 Å². The number of aryl methyl sites for hydroxylation is 3. The molecule has 0 aliphatic carbocycles. The molecule has 3 aromatic rings. The van der Waals surface area contributed by atoms with Crippen molar-refractivity contribution in [3.8, 4) is 11.3 Å². The van der Waals surface area contributed by atoms with Crippen LogP contribution in [0.3, 0.4) is 0 Å². The molecule has 0 N–H and O–H groups in total. The minimum absolute atomic E-state index is 0.663. The Morgan fingerprint density at radius 2 is 1.67 bits per heavy atom. The van der Waals surface area contributed by atoms with Gasteiger partial charge in [0.2, 0.25) is 5.71 Å². The summed E-state index contributed by atoms with van der Waals surface area (Å²) in [5, 5.41) is 1.01. The first-order valence-electron chi connectivity index (χ1n) is 5.94. The molecule has 90 valence electrons. The van der Waals surface area contributed by atoms with Gasteiger partial charge in [0.25, 0.3) is 0 Å². The molecule has 0 amide bonds. The molecule has 0 radical (unpaired) electrons. The van der Waals surface area contributed by atoms with Gasteiger partial charge in [-0.05, 0) is 20.8 Å². The number of hydrogen-bond donors (Lipinski definition) is 0. The Bertz CT molecular complexity index is 711. The average Bonchev–Trinajstić information content (AvgIpc) is 2.66. The van der Waals surface area contributed by atoms with Crippen LogP contribution in [0.1, 0.15) is 16.9 Å². The molecular weight excluding hydrogens is 224 g/mol. The van der Waals surface area contributed by atoms with E-state index in [1.165, 1.54) is 5.56 Å². The number of hydrogen-bond acceptors (Lipinski definition) is 3. The molecule has 2 heterocycles. The van der Waals surface area contributed by atoms with Crippen molar-refractivity contribution in [2.75, 3.05) is 0 Å². The molecule has 0 aliphatic rings. The summed E-state index contributed by atoms with van der Waals surface area (Å²) in [6, 6.07) is 8.34. The fourth-order valence-corrected chi connectivity index (χ4v) is 2.11. The summed E-state index contributed by atoms with van der Waals surface area (Å²) in [6.45, 7) is 6.07. The lowest BCUT2D eigenvalue weighted by atomic mass is 10.0. The molecule has 2 aromatic heterocycles. The Morgan fingerprint density at radius 3 is 2.39 bits per heavy atom. The standard InChI is InChI=1S/C15H14N2O/c1-9-4-6-12(7-5-9)14-13-10(2)11(3)18-15(13)17-8-16-14/h4-8H,1-3H3. The highest BCUT2D eigenvalue weighted by molar-refractivity contribution is 5.92. The van der Waals surface area contributed by atoms with Crippen molar-refractivity contribution in [1.29, 1.82) is 0 Å². The third kappa shape index (κ3) is 1.59. The number of furan rings is 1. The number of aromatic nitrogens is 2. The van der Waals surface area contributed by atoms with Gasteiger partial charge >= 0.3 is 0 Å². The number of benzene rings is 1. The lowest BCUT2D eigenvalue weighted by Gasteiger charge is -2.02. The van der Waals surface area contributed by atoms with Gasteiger partial charge in [0.05, 0.1) is 11.1 Å². The fraction of sp³-hybridized carbons (Fsp3) is 0.200. The van der Waals surface area contributed by atoms with E-state index >= 15 is 0 Å². The number of nitrogens with zero attached hydrogens (tertiary/aromatic N) is 2. The zero-order chi connectivity index (χ0) is 12.7. The van der Waals surface area contributed by atoms with E-state index in [1.54, 1.807) is 6.33 Å². The average molecular weight is 238 g/mol. The second-order valence-corrected chi connectivity index (χ2v) is 4.55. The van der Waals surface area contributed by atoms with Crippen LogP contribution >= 0.6 is 0 Å². The molecule has 1 aromatic carbocycles. The van der Waals surface area contributed by atoms with E-state index in [-0.39, 0.29) is 0 Å². The van der Waals surface area contributed by atoms with Crippen LogP contribution in [-0.2, 0) is 0 Å². The summed E-state index contributed by atoms with van der Waals surface area (Å²) in [5.41, 5.74) is 5.05. The van der Waals surface area contributed by atoms with Crippen molar-refractivity contribution in [3.05, 3.63) is 47.5 Å². The van der Waals surface area contributed by atoms with Gasteiger partial charge in [0.1, 0.15) is 12.1 Å². The quantitative estimate of drug-likeness (QED) is 0.647. The van der Waals surface area contributed by atoms with Gasteiger partial charge in [-0.2, -0.15) is 0 Å². The van der Waals surface area contributed by atoms with E-state index in [0.717, 1.165) is 28.0 Å². The molecule has 0 bridgehead atoms. The van der Waals surface area contributed by atoms with Crippen LogP contribution in [0.4, 0.5) is 0 Å². The summed E-state index contributed by atoms with van der Waals surface area (Å²) in [6.07, 6.45) is 1.56. The fourth-order valence-electron chi connectivity index (χ4n) is 2.11. The van der Waals surface area contributed by atoms with E-state index in [2.05, 4.69) is 41.2 Å². The summed E-state index contributed by atoms with van der Waals surface area (Å²) >= 11 is 0. The molecule has 3 heteroatoms. The minimum atomic E-state index is 0.663. The second-order valence-electron chi connectivity index (χ2n) is 4.55. The van der Waals surface area contributed by atoms with Gasteiger partial charge in [-0.1, -0.05) is 29.8 Å². The van der Waals surface area contributed by atoms with E-state index in [0.29, 0.717) is 5.71 Å². The van der Waals surface area contributed by atoms with Crippen molar-refractivity contribution >= 4 is 11.1 Å². The van der Waals surface area contributed by atoms with Gasteiger partial charge in [-0.15, -0.1) is 0 Å². The van der Waals surface area contributed by atoms with Crippen molar-refractivity contribution in [2.45, 2.75) is 20.8 Å². The Morgan fingerprint density at radius 1 is 0.944 bits per heavy atom. The van der Waals surface area contributed by atoms with Crippen LogP contribution < -0.4 is 0 Å². The number of fused-ring (bicyclic) bond motifs is 1. The molecule has 0 aliphatic heterocycles. The predicted octanol–water partition coefficient (Wildman–Crippen LogP) is 3.82. The molecule has 0 spiro atoms. The monoisotopic (exact) mass is 238 g/mol. The Kier molecular flexibility index (Phi) is 2.40. The van der Waals surface area contributed by atoms with Crippen LogP contribution in [0.15, 0.2) is 35.0 Å². The highest BCUT2D eigenvalue weighted by atomic mass is 16.3. The molecular formula is C15H14N2O. The summed E-state index contributed by atoms with van der Waals surface area (Å²) < 4.78 is 5.63. The van der Waals surface area contributed by atoms with E-state index < -0.39 is 0 Å². The maximum atomic E-state index is 5.63. The highest BCUT2D eigenvalue weighted by Gasteiger charge is 2.14. The lowest BCUT2D eigenvalue weighted by Crippen LogP contribution is -1.88. The molecule has 0 atom stereocenters. The summed E-state index contributed by atoms with van der Waals surface area (Å²) in [7, 11) is 0. The Balaban J connectivity index is 2.32. The largest absolute Gasteiger partial charge is 0.443 e. The smallest absolute Gasteiger partial charge is 0.230 e.